The van der Waals surface area contributed by atoms with Crippen LogP contribution in [0.3, 0.4) is 0 Å². The number of carbonyl (C=O) groups excluding carboxylic acids is 1. The van der Waals surface area contributed by atoms with Crippen molar-refractivity contribution < 1.29 is 4.79 Å². The van der Waals surface area contributed by atoms with Crippen LogP contribution < -0.4 is 10.5 Å². The van der Waals surface area contributed by atoms with E-state index in [-0.39, 0.29) is 11.5 Å². The average Bonchev–Trinajstić information content (AvgIpc) is 3.14. The molecule has 37 heavy (non-hydrogen) atoms. The highest BCUT2D eigenvalue weighted by Crippen LogP contribution is 2.35. The summed E-state index contributed by atoms with van der Waals surface area (Å²) in [4.78, 5) is 36.3. The SMILES string of the molecule is Cc1cccn2c(=O)c(C=C3SC(=S)N(CC(C)C)C3=O)c(N3CCC(Cc4ccccc4)CC3)nc12. The topological polar surface area (TPSA) is 57.9 Å². The highest BCUT2D eigenvalue weighted by Gasteiger charge is 2.33. The number of pyridine rings is 1. The summed E-state index contributed by atoms with van der Waals surface area (Å²) < 4.78 is 2.12. The van der Waals surface area contributed by atoms with Crippen LogP contribution in [0.25, 0.3) is 11.7 Å². The van der Waals surface area contributed by atoms with E-state index in [1.165, 1.54) is 17.3 Å². The Hall–Kier alpha value is -2.97. The van der Waals surface area contributed by atoms with Crippen molar-refractivity contribution in [2.75, 3.05) is 24.5 Å². The third-order valence-corrected chi connectivity index (χ3v) is 8.42. The standard InChI is InChI=1S/C29H32N4O2S2/c1-19(2)18-33-28(35)24(37-29(33)36)17-23-26(30-25-20(3)8-7-13-32(25)27(23)34)31-14-11-22(12-15-31)16-21-9-5-4-6-10-21/h4-10,13,17,19,22H,11-12,14-16,18H2,1-3H3. The number of aromatic nitrogens is 2. The van der Waals surface area contributed by atoms with Crippen molar-refractivity contribution in [2.45, 2.75) is 40.0 Å². The molecule has 0 saturated carbocycles. The summed E-state index contributed by atoms with van der Waals surface area (Å²) in [6.45, 7) is 8.29. The highest BCUT2D eigenvalue weighted by molar-refractivity contribution is 8.26. The van der Waals surface area contributed by atoms with Gasteiger partial charge in [0.2, 0.25) is 0 Å². The van der Waals surface area contributed by atoms with Crippen molar-refractivity contribution >= 4 is 51.7 Å². The second-order valence-corrected chi connectivity index (χ2v) is 12.0. The zero-order valence-electron chi connectivity index (χ0n) is 21.5. The zero-order valence-corrected chi connectivity index (χ0v) is 23.1. The Kier molecular flexibility index (Phi) is 7.49. The molecule has 0 bridgehead atoms. The molecule has 8 heteroatoms. The first-order valence-electron chi connectivity index (χ1n) is 12.9. The molecule has 6 nitrogen and oxygen atoms in total. The lowest BCUT2D eigenvalue weighted by molar-refractivity contribution is -0.122. The maximum absolute atomic E-state index is 13.8. The second-order valence-electron chi connectivity index (χ2n) is 10.3. The predicted octanol–water partition coefficient (Wildman–Crippen LogP) is 5.32. The number of hydrogen-bond donors (Lipinski definition) is 0. The Morgan fingerprint density at radius 3 is 2.54 bits per heavy atom. The number of aryl methyl sites for hydroxylation is 1. The van der Waals surface area contributed by atoms with E-state index in [1.54, 1.807) is 21.6 Å². The summed E-state index contributed by atoms with van der Waals surface area (Å²) in [5, 5.41) is 0. The Morgan fingerprint density at radius 1 is 1.11 bits per heavy atom. The predicted molar refractivity (Wildman–Crippen MR) is 156 cm³/mol. The summed E-state index contributed by atoms with van der Waals surface area (Å²) in [6.07, 6.45) is 6.58. The number of thiocarbonyl (C=S) groups is 1. The zero-order chi connectivity index (χ0) is 26.1. The molecule has 2 aliphatic rings. The van der Waals surface area contributed by atoms with Crippen molar-refractivity contribution in [1.82, 2.24) is 14.3 Å². The molecule has 0 unspecified atom stereocenters. The van der Waals surface area contributed by atoms with Gasteiger partial charge in [0.05, 0.1) is 10.5 Å². The molecule has 192 valence electrons. The highest BCUT2D eigenvalue weighted by atomic mass is 32.2. The van der Waals surface area contributed by atoms with Gasteiger partial charge in [-0.05, 0) is 61.3 Å². The smallest absolute Gasteiger partial charge is 0.267 e. The molecule has 1 aromatic carbocycles. The van der Waals surface area contributed by atoms with Gasteiger partial charge < -0.3 is 4.90 Å². The molecule has 2 aromatic heterocycles. The van der Waals surface area contributed by atoms with Crippen LogP contribution in [-0.4, -0.2) is 44.1 Å². The second kappa shape index (κ2) is 10.8. The quantitative estimate of drug-likeness (QED) is 0.316. The van der Waals surface area contributed by atoms with Gasteiger partial charge in [-0.25, -0.2) is 4.98 Å². The third-order valence-electron chi connectivity index (χ3n) is 7.04. The van der Waals surface area contributed by atoms with Crippen molar-refractivity contribution in [3.05, 3.63) is 80.6 Å². The summed E-state index contributed by atoms with van der Waals surface area (Å²) in [7, 11) is 0. The summed E-state index contributed by atoms with van der Waals surface area (Å²) in [6, 6.07) is 14.4. The van der Waals surface area contributed by atoms with Crippen LogP contribution in [0.2, 0.25) is 0 Å². The van der Waals surface area contributed by atoms with Crippen LogP contribution in [0.5, 0.6) is 0 Å². The van der Waals surface area contributed by atoms with Gasteiger partial charge in [0.25, 0.3) is 11.5 Å². The van der Waals surface area contributed by atoms with Gasteiger partial charge in [0.1, 0.15) is 15.8 Å². The molecule has 0 N–H and O–H groups in total. The Labute approximate surface area is 227 Å². The van der Waals surface area contributed by atoms with E-state index in [0.29, 0.717) is 44.6 Å². The molecular weight excluding hydrogens is 500 g/mol. The molecule has 5 rings (SSSR count). The van der Waals surface area contributed by atoms with Crippen LogP contribution >= 0.6 is 24.0 Å². The fourth-order valence-electron chi connectivity index (χ4n) is 5.12. The fourth-order valence-corrected chi connectivity index (χ4v) is 6.37. The summed E-state index contributed by atoms with van der Waals surface area (Å²) >= 11 is 6.77. The minimum absolute atomic E-state index is 0.134. The first-order chi connectivity index (χ1) is 17.8. The van der Waals surface area contributed by atoms with Crippen LogP contribution in [0.15, 0.2) is 58.4 Å². The van der Waals surface area contributed by atoms with E-state index >= 15 is 0 Å². The average molecular weight is 533 g/mol. The summed E-state index contributed by atoms with van der Waals surface area (Å²) in [5.41, 5.74) is 3.25. The van der Waals surface area contributed by atoms with Crippen LogP contribution in [-0.2, 0) is 11.2 Å². The number of rotatable bonds is 6. The Bertz CT molecular complexity index is 1420. The number of thioether (sulfide) groups is 1. The minimum Gasteiger partial charge on any atom is -0.356 e. The Balaban J connectivity index is 1.49. The number of fused-ring (bicyclic) bond motifs is 1. The maximum atomic E-state index is 13.8. The molecule has 2 fully saturated rings. The van der Waals surface area contributed by atoms with E-state index in [4.69, 9.17) is 17.2 Å². The molecule has 0 aliphatic carbocycles. The summed E-state index contributed by atoms with van der Waals surface area (Å²) in [5.74, 6) is 1.42. The number of anilines is 1. The molecule has 0 atom stereocenters. The maximum Gasteiger partial charge on any atom is 0.267 e. The Morgan fingerprint density at radius 2 is 1.84 bits per heavy atom. The van der Waals surface area contributed by atoms with Gasteiger partial charge in [0, 0.05) is 25.8 Å². The lowest BCUT2D eigenvalue weighted by Crippen LogP contribution is -2.37. The lowest BCUT2D eigenvalue weighted by Gasteiger charge is -2.33. The van der Waals surface area contributed by atoms with E-state index in [1.807, 2.05) is 19.1 Å². The molecule has 2 saturated heterocycles. The van der Waals surface area contributed by atoms with Gasteiger partial charge in [-0.2, -0.15) is 0 Å². The molecular formula is C29H32N4O2S2. The largest absolute Gasteiger partial charge is 0.356 e. The van der Waals surface area contributed by atoms with Crippen molar-refractivity contribution in [1.29, 1.82) is 0 Å². The fraction of sp³-hybridized carbons (Fsp3) is 0.379. The molecule has 0 spiro atoms. The van der Waals surface area contributed by atoms with Crippen LogP contribution in [0, 0.1) is 18.8 Å². The minimum atomic E-state index is -0.163. The van der Waals surface area contributed by atoms with Crippen molar-refractivity contribution in [3.8, 4) is 0 Å². The number of piperidine rings is 1. The van der Waals surface area contributed by atoms with E-state index in [2.05, 4.69) is 49.1 Å². The number of benzene rings is 1. The van der Waals surface area contributed by atoms with E-state index in [0.717, 1.165) is 37.9 Å². The monoisotopic (exact) mass is 532 g/mol. The number of hydrogen-bond acceptors (Lipinski definition) is 6. The number of carbonyl (C=O) groups is 1. The van der Waals surface area contributed by atoms with Gasteiger partial charge in [0.15, 0.2) is 0 Å². The van der Waals surface area contributed by atoms with Crippen LogP contribution in [0.1, 0.15) is 43.4 Å². The number of nitrogens with zero attached hydrogens (tertiary/aromatic N) is 4. The van der Waals surface area contributed by atoms with Gasteiger partial charge in [-0.1, -0.05) is 74.2 Å². The van der Waals surface area contributed by atoms with Crippen molar-refractivity contribution in [2.24, 2.45) is 11.8 Å². The van der Waals surface area contributed by atoms with Gasteiger partial charge in [-0.15, -0.1) is 0 Å². The van der Waals surface area contributed by atoms with Gasteiger partial charge >= 0.3 is 0 Å². The molecule has 2 aliphatic heterocycles. The lowest BCUT2D eigenvalue weighted by atomic mass is 9.90. The van der Waals surface area contributed by atoms with Gasteiger partial charge in [-0.3, -0.25) is 18.9 Å². The molecule has 3 aromatic rings. The number of amides is 1. The molecule has 4 heterocycles. The molecule has 1 amide bonds. The van der Waals surface area contributed by atoms with Crippen LogP contribution in [0.4, 0.5) is 5.82 Å². The van der Waals surface area contributed by atoms with E-state index < -0.39 is 0 Å². The first kappa shape index (κ1) is 25.7. The first-order valence-corrected chi connectivity index (χ1v) is 14.1. The van der Waals surface area contributed by atoms with E-state index in [9.17, 15) is 9.59 Å². The third kappa shape index (κ3) is 5.36. The van der Waals surface area contributed by atoms with Crippen molar-refractivity contribution in [3.63, 3.8) is 0 Å². The molecule has 0 radical (unpaired) electrons. The normalized spacial score (nSPS) is 18.1.